The summed E-state index contributed by atoms with van der Waals surface area (Å²) in [5, 5.41) is 239. The zero-order valence-corrected chi connectivity index (χ0v) is 54.6. The SMILES string of the molecule is C.C=C1C[C@@]23CC[C@H]4[C@@](C)(CCC[C@@]4(C)C(=O)OC4OC(CO)C(O)C(OC5OC(CO)C(O)C(O)C5O)C4OC4OC(C)C(O)C(OC5OC(CO)C(O)C(O)C5O)C4O)[C@@H]2CC[C@]1(OC1OC(CO)C(O)C(OC2OC(CO)C(O)C(O)C2O)C1OC1OC(CO)C(O)C(O)C1O)C3. The fraction of sp³-hybridized carbons (Fsp3) is 0.952. The molecule has 0 aromatic rings. The highest BCUT2D eigenvalue weighted by molar-refractivity contribution is 5.77. The number of aliphatic hydroxyl groups excluding tert-OH is 22. The Hall–Kier alpha value is -2.19. The molecule has 578 valence electrons. The van der Waals surface area contributed by atoms with Crippen molar-refractivity contribution in [2.45, 2.75) is 307 Å². The van der Waals surface area contributed by atoms with Gasteiger partial charge in [-0.2, -0.15) is 0 Å². The first kappa shape index (κ1) is 80.4. The number of ether oxygens (including phenoxy) is 14. The maximum atomic E-state index is 15.7. The first-order chi connectivity index (χ1) is 46.8. The van der Waals surface area contributed by atoms with Crippen molar-refractivity contribution in [3.63, 3.8) is 0 Å². The highest BCUT2D eigenvalue weighted by atomic mass is 16.8. The number of hydrogen-bond acceptors (Lipinski definition) is 37. The molecule has 100 heavy (non-hydrogen) atoms. The Labute approximate surface area is 574 Å². The molecule has 37 heteroatoms. The topological polar surface area (TPSA) is 591 Å². The van der Waals surface area contributed by atoms with Gasteiger partial charge in [0.15, 0.2) is 43.8 Å². The van der Waals surface area contributed by atoms with Crippen LogP contribution in [0.2, 0.25) is 0 Å². The van der Waals surface area contributed by atoms with Gasteiger partial charge in [-0.15, -0.1) is 0 Å². The highest BCUT2D eigenvalue weighted by Crippen LogP contribution is 2.74. The Kier molecular flexibility index (Phi) is 25.4. The molecule has 22 N–H and O–H groups in total. The summed E-state index contributed by atoms with van der Waals surface area (Å²) in [7, 11) is 0. The predicted molar refractivity (Wildman–Crippen MR) is 322 cm³/mol. The number of aliphatic hydroxyl groups is 22. The van der Waals surface area contributed by atoms with Crippen molar-refractivity contribution in [1.29, 1.82) is 0 Å². The van der Waals surface area contributed by atoms with Crippen molar-refractivity contribution in [1.82, 2.24) is 0 Å². The van der Waals surface area contributed by atoms with E-state index in [1.54, 1.807) is 6.92 Å². The quantitative estimate of drug-likeness (QED) is 0.0306. The van der Waals surface area contributed by atoms with Gasteiger partial charge in [0.1, 0.15) is 159 Å². The van der Waals surface area contributed by atoms with Gasteiger partial charge >= 0.3 is 5.97 Å². The van der Waals surface area contributed by atoms with Crippen LogP contribution in [0.3, 0.4) is 0 Å². The minimum Gasteiger partial charge on any atom is -0.432 e. The monoisotopic (exact) mass is 1450 g/mol. The fourth-order valence-corrected chi connectivity index (χ4v) is 17.9. The van der Waals surface area contributed by atoms with E-state index in [2.05, 4.69) is 13.5 Å². The largest absolute Gasteiger partial charge is 0.432 e. The lowest BCUT2D eigenvalue weighted by Crippen LogP contribution is -2.68. The summed E-state index contributed by atoms with van der Waals surface area (Å²) < 4.78 is 85.3. The van der Waals surface area contributed by atoms with Crippen LogP contribution in [0.25, 0.3) is 0 Å². The molecule has 11 rings (SSSR count). The van der Waals surface area contributed by atoms with Crippen LogP contribution in [-0.4, -0.2) is 378 Å². The second kappa shape index (κ2) is 31.6. The Balaban J connectivity index is 0.0000108. The maximum absolute atomic E-state index is 15.7. The molecule has 41 atom stereocenters. The van der Waals surface area contributed by atoms with Gasteiger partial charge in [-0.25, -0.2) is 0 Å². The smallest absolute Gasteiger partial charge is 0.314 e. The van der Waals surface area contributed by atoms with E-state index < -0.39 is 288 Å². The second-order valence-electron chi connectivity index (χ2n) is 29.2. The van der Waals surface area contributed by atoms with Gasteiger partial charge in [0, 0.05) is 0 Å². The molecule has 1 spiro atoms. The van der Waals surface area contributed by atoms with Gasteiger partial charge in [-0.1, -0.05) is 27.4 Å². The third-order valence-electron chi connectivity index (χ3n) is 23.4. The van der Waals surface area contributed by atoms with Gasteiger partial charge in [0.25, 0.3) is 0 Å². The molecule has 11 aliphatic rings. The van der Waals surface area contributed by atoms with Crippen LogP contribution in [0, 0.1) is 28.1 Å². The number of fused-ring (bicyclic) bond motifs is 3. The van der Waals surface area contributed by atoms with Crippen molar-refractivity contribution in [2.75, 3.05) is 39.6 Å². The van der Waals surface area contributed by atoms with Crippen molar-refractivity contribution in [2.24, 2.45) is 28.1 Å². The lowest BCUT2D eigenvalue weighted by molar-refractivity contribution is -0.400. The Morgan fingerprint density at radius 1 is 0.410 bits per heavy atom. The van der Waals surface area contributed by atoms with Gasteiger partial charge < -0.3 is 179 Å². The van der Waals surface area contributed by atoms with Gasteiger partial charge in [0.05, 0.1) is 56.8 Å². The molecule has 4 aliphatic carbocycles. The zero-order valence-electron chi connectivity index (χ0n) is 54.6. The predicted octanol–water partition coefficient (Wildman–Crippen LogP) is -9.98. The summed E-state index contributed by atoms with van der Waals surface area (Å²) in [6.07, 6.45) is -61.9. The number of carbonyl (C=O) groups excluding carboxylic acids is 1. The van der Waals surface area contributed by atoms with Crippen LogP contribution in [0.5, 0.6) is 0 Å². The first-order valence-corrected chi connectivity index (χ1v) is 33.8. The average Bonchev–Trinajstić information content (AvgIpc) is 1.47. The number of rotatable bonds is 20. The van der Waals surface area contributed by atoms with E-state index >= 15 is 4.79 Å². The van der Waals surface area contributed by atoms with Crippen molar-refractivity contribution >= 4 is 5.97 Å². The minimum atomic E-state index is -2.15. The highest BCUT2D eigenvalue weighted by Gasteiger charge is 2.70. The zero-order chi connectivity index (χ0) is 72.0. The van der Waals surface area contributed by atoms with Crippen LogP contribution in [0.4, 0.5) is 0 Å². The number of esters is 1. The standard InChI is InChI=1S/C62H100O37.CH4/c1-20-12-61-10-6-28-59(3,29(61)7-11-62(20,19-61)99-57-50(97-54-44(83)40(79)34(73)25(16-66)90-54)48(36(75)27(18-68)92-57)95-53-43(82)39(78)33(72)24(15-65)89-53)8-5-9-60(28,4)58(85)98-56-49(47(35(74)26(17-67)91-56)94-52-42(81)38(77)32(71)23(14-64)88-52)96-55-45(84)46(30(69)21(2)86-55)93-51-41(80)37(76)31(70)22(13-63)87-51;/h21-57,63-84H,1,5-19H2,2-4H3;1H4/t21?,22?,23?,24?,25?,26?,27?,28-,29-,30?,31?,32?,33?,34?,35?,36?,37?,38?,39?,40?,41?,42?,43?,44?,45?,46?,47?,48?,49?,50?,51?,52?,53?,54?,55?,56?,57?,59+,60+,61+,62-;/m0./s1. The van der Waals surface area contributed by atoms with Crippen LogP contribution >= 0.6 is 0 Å². The van der Waals surface area contributed by atoms with Gasteiger partial charge in [-0.3, -0.25) is 4.79 Å². The van der Waals surface area contributed by atoms with Crippen molar-refractivity contribution in [3.05, 3.63) is 12.2 Å². The third kappa shape index (κ3) is 14.3. The molecule has 0 amide bonds. The Morgan fingerprint density at radius 2 is 0.770 bits per heavy atom. The van der Waals surface area contributed by atoms with Crippen molar-refractivity contribution in [3.8, 4) is 0 Å². The molecule has 0 aromatic carbocycles. The molecular formula is C63H104O37. The van der Waals surface area contributed by atoms with Gasteiger partial charge in [-0.05, 0) is 93.5 Å². The third-order valence-corrected chi connectivity index (χ3v) is 23.4. The summed E-state index contributed by atoms with van der Waals surface area (Å²) in [5.41, 5.74) is -3.42. The Morgan fingerprint density at radius 3 is 1.20 bits per heavy atom. The molecule has 37 nitrogen and oxygen atoms in total. The molecule has 0 radical (unpaired) electrons. The molecule has 4 saturated carbocycles. The van der Waals surface area contributed by atoms with Crippen LogP contribution in [0.15, 0.2) is 12.2 Å². The van der Waals surface area contributed by atoms with Gasteiger partial charge in [0.2, 0.25) is 6.29 Å². The Bertz CT molecular complexity index is 2700. The van der Waals surface area contributed by atoms with E-state index in [-0.39, 0.29) is 32.6 Å². The average molecular weight is 1450 g/mol. The van der Waals surface area contributed by atoms with E-state index in [0.29, 0.717) is 44.1 Å². The summed E-state index contributed by atoms with van der Waals surface area (Å²) >= 11 is 0. The summed E-state index contributed by atoms with van der Waals surface area (Å²) in [4.78, 5) is 15.7. The van der Waals surface area contributed by atoms with E-state index in [1.807, 2.05) is 0 Å². The molecule has 35 unspecified atom stereocenters. The second-order valence-corrected chi connectivity index (χ2v) is 29.2. The molecule has 0 aromatic heterocycles. The van der Waals surface area contributed by atoms with Crippen LogP contribution in [-0.2, 0) is 71.1 Å². The van der Waals surface area contributed by atoms with Crippen LogP contribution < -0.4 is 0 Å². The maximum Gasteiger partial charge on any atom is 0.314 e. The first-order valence-electron chi connectivity index (χ1n) is 33.8. The lowest BCUT2D eigenvalue weighted by Gasteiger charge is -2.64. The lowest BCUT2D eigenvalue weighted by atomic mass is 9.41. The molecule has 7 saturated heterocycles. The molecule has 2 bridgehead atoms. The van der Waals surface area contributed by atoms with E-state index in [0.717, 1.165) is 0 Å². The van der Waals surface area contributed by atoms with E-state index in [1.165, 1.54) is 6.92 Å². The summed E-state index contributed by atoms with van der Waals surface area (Å²) in [6, 6.07) is 0. The fourth-order valence-electron chi connectivity index (χ4n) is 17.9. The van der Waals surface area contributed by atoms with E-state index in [9.17, 15) is 112 Å². The number of hydrogen-bond donors (Lipinski definition) is 22. The van der Waals surface area contributed by atoms with Crippen LogP contribution in [0.1, 0.15) is 86.0 Å². The molecule has 11 fully saturated rings. The molecule has 7 aliphatic heterocycles. The molecular weight excluding hydrogens is 1350 g/mol. The molecule has 7 heterocycles. The minimum absolute atomic E-state index is 0. The number of carbonyl (C=O) groups is 1. The summed E-state index contributed by atoms with van der Waals surface area (Å²) in [5.74, 6) is -1.55. The van der Waals surface area contributed by atoms with Crippen molar-refractivity contribution < 1.29 is 183 Å². The summed E-state index contributed by atoms with van der Waals surface area (Å²) in [6.45, 7) is 4.24. The normalized spacial score (nSPS) is 54.3. The van der Waals surface area contributed by atoms with E-state index in [4.69, 9.17) is 66.3 Å².